The number of aromatic nitrogens is 2. The molecule has 3 aromatic rings. The van der Waals surface area contributed by atoms with Crippen LogP contribution >= 0.6 is 0 Å². The molecule has 1 amide bonds. The van der Waals surface area contributed by atoms with Crippen LogP contribution in [0.3, 0.4) is 0 Å². The minimum Gasteiger partial charge on any atom is -0.497 e. The number of likely N-dealkylation sites (tertiary alicyclic amines) is 1. The fourth-order valence-electron chi connectivity index (χ4n) is 3.97. The predicted molar refractivity (Wildman–Crippen MR) is 117 cm³/mol. The molecule has 156 valence electrons. The van der Waals surface area contributed by atoms with E-state index in [2.05, 4.69) is 39.6 Å². The van der Waals surface area contributed by atoms with E-state index in [0.29, 0.717) is 18.7 Å². The molecule has 4 rings (SSSR count). The monoisotopic (exact) mass is 404 g/mol. The molecule has 2 heterocycles. The molecule has 2 aromatic carbocycles. The average Bonchev–Trinajstić information content (AvgIpc) is 3.48. The smallest absolute Gasteiger partial charge is 0.254 e. The van der Waals surface area contributed by atoms with Crippen molar-refractivity contribution in [1.29, 1.82) is 0 Å². The Kier molecular flexibility index (Phi) is 6.44. The molecule has 0 unspecified atom stereocenters. The van der Waals surface area contributed by atoms with E-state index >= 15 is 0 Å². The van der Waals surface area contributed by atoms with Gasteiger partial charge in [0.1, 0.15) is 5.75 Å². The lowest BCUT2D eigenvalue weighted by molar-refractivity contribution is 0.0938. The first-order chi connectivity index (χ1) is 14.7. The quantitative estimate of drug-likeness (QED) is 0.624. The van der Waals surface area contributed by atoms with Crippen LogP contribution in [0.1, 0.15) is 40.4 Å². The SMILES string of the molecule is COc1ccc([C@H](CNC(=O)c2cnn(Cc3ccccc3)c2)N2CCCC2)cc1. The topological polar surface area (TPSA) is 59.4 Å². The number of nitrogens with one attached hydrogen (secondary N) is 1. The summed E-state index contributed by atoms with van der Waals surface area (Å²) in [5.74, 6) is 0.751. The van der Waals surface area contributed by atoms with E-state index in [1.165, 1.54) is 18.4 Å². The zero-order chi connectivity index (χ0) is 20.8. The number of nitrogens with zero attached hydrogens (tertiary/aromatic N) is 3. The van der Waals surface area contributed by atoms with Gasteiger partial charge in [0.05, 0.1) is 31.5 Å². The third-order valence-corrected chi connectivity index (χ3v) is 5.62. The Morgan fingerprint density at radius 1 is 1.10 bits per heavy atom. The van der Waals surface area contributed by atoms with Gasteiger partial charge >= 0.3 is 0 Å². The molecule has 0 aliphatic carbocycles. The van der Waals surface area contributed by atoms with Crippen LogP contribution in [0.15, 0.2) is 67.0 Å². The molecule has 1 fully saturated rings. The van der Waals surface area contributed by atoms with Crippen LogP contribution in [-0.4, -0.2) is 47.3 Å². The summed E-state index contributed by atoms with van der Waals surface area (Å²) in [4.78, 5) is 15.2. The summed E-state index contributed by atoms with van der Waals surface area (Å²) in [6.45, 7) is 3.33. The van der Waals surface area contributed by atoms with Crippen molar-refractivity contribution in [3.8, 4) is 5.75 Å². The highest BCUT2D eigenvalue weighted by Gasteiger charge is 2.24. The molecule has 1 saturated heterocycles. The Bertz CT molecular complexity index is 947. The van der Waals surface area contributed by atoms with Gasteiger partial charge in [-0.15, -0.1) is 0 Å². The Labute approximate surface area is 177 Å². The Morgan fingerprint density at radius 3 is 2.53 bits per heavy atom. The van der Waals surface area contributed by atoms with Crippen molar-refractivity contribution in [2.45, 2.75) is 25.4 Å². The Balaban J connectivity index is 1.41. The number of carbonyl (C=O) groups excluding carboxylic acids is 1. The molecule has 6 nitrogen and oxygen atoms in total. The number of hydrogen-bond donors (Lipinski definition) is 1. The highest BCUT2D eigenvalue weighted by molar-refractivity contribution is 5.93. The van der Waals surface area contributed by atoms with E-state index in [9.17, 15) is 4.79 Å². The first kappa shape index (κ1) is 20.2. The lowest BCUT2D eigenvalue weighted by atomic mass is 10.1. The van der Waals surface area contributed by atoms with Gasteiger partial charge in [0.2, 0.25) is 0 Å². The van der Waals surface area contributed by atoms with Crippen molar-refractivity contribution in [3.05, 3.63) is 83.7 Å². The van der Waals surface area contributed by atoms with Gasteiger partial charge in [-0.05, 0) is 49.2 Å². The zero-order valence-electron chi connectivity index (χ0n) is 17.3. The lowest BCUT2D eigenvalue weighted by Gasteiger charge is -2.28. The molecule has 0 spiro atoms. The fourth-order valence-corrected chi connectivity index (χ4v) is 3.97. The summed E-state index contributed by atoms with van der Waals surface area (Å²) in [6.07, 6.45) is 5.84. The number of methoxy groups -OCH3 is 1. The summed E-state index contributed by atoms with van der Waals surface area (Å²) >= 11 is 0. The summed E-state index contributed by atoms with van der Waals surface area (Å²) in [7, 11) is 1.67. The Morgan fingerprint density at radius 2 is 1.83 bits per heavy atom. The standard InChI is InChI=1S/C24H28N4O2/c1-30-22-11-9-20(10-12-22)23(27-13-5-6-14-27)16-25-24(29)21-15-26-28(18-21)17-19-7-3-2-4-8-19/h2-4,7-12,15,18,23H,5-6,13-14,16-17H2,1H3,(H,25,29)/t23-/m0/s1. The summed E-state index contributed by atoms with van der Waals surface area (Å²) in [6, 6.07) is 18.4. The number of benzene rings is 2. The van der Waals surface area contributed by atoms with Crippen molar-refractivity contribution < 1.29 is 9.53 Å². The molecular weight excluding hydrogens is 376 g/mol. The molecule has 0 radical (unpaired) electrons. The van der Waals surface area contributed by atoms with Crippen molar-refractivity contribution in [3.63, 3.8) is 0 Å². The van der Waals surface area contributed by atoms with Gasteiger partial charge < -0.3 is 10.1 Å². The van der Waals surface area contributed by atoms with Gasteiger partial charge in [-0.25, -0.2) is 0 Å². The van der Waals surface area contributed by atoms with Crippen molar-refractivity contribution in [1.82, 2.24) is 20.0 Å². The van der Waals surface area contributed by atoms with Crippen LogP contribution in [0.4, 0.5) is 0 Å². The van der Waals surface area contributed by atoms with Crippen molar-refractivity contribution >= 4 is 5.91 Å². The number of amides is 1. The summed E-state index contributed by atoms with van der Waals surface area (Å²) < 4.78 is 7.08. The normalized spacial score (nSPS) is 15.1. The van der Waals surface area contributed by atoms with Gasteiger partial charge in [0, 0.05) is 12.7 Å². The minimum atomic E-state index is -0.0907. The first-order valence-electron chi connectivity index (χ1n) is 10.5. The summed E-state index contributed by atoms with van der Waals surface area (Å²) in [5, 5.41) is 7.46. The van der Waals surface area contributed by atoms with Crippen molar-refractivity contribution in [2.24, 2.45) is 0 Å². The van der Waals surface area contributed by atoms with Gasteiger partial charge in [-0.2, -0.15) is 5.10 Å². The van der Waals surface area contributed by atoms with E-state index in [1.807, 2.05) is 30.3 Å². The molecule has 0 saturated carbocycles. The highest BCUT2D eigenvalue weighted by Crippen LogP contribution is 2.26. The maximum atomic E-state index is 12.8. The van der Waals surface area contributed by atoms with Crippen LogP contribution < -0.4 is 10.1 Å². The van der Waals surface area contributed by atoms with Crippen LogP contribution in [0.25, 0.3) is 0 Å². The van der Waals surface area contributed by atoms with E-state index in [4.69, 9.17) is 4.74 Å². The number of carbonyl (C=O) groups is 1. The Hall–Kier alpha value is -3.12. The maximum Gasteiger partial charge on any atom is 0.254 e. The zero-order valence-corrected chi connectivity index (χ0v) is 17.3. The van der Waals surface area contributed by atoms with E-state index in [-0.39, 0.29) is 11.9 Å². The predicted octanol–water partition coefficient (Wildman–Crippen LogP) is 3.51. The lowest BCUT2D eigenvalue weighted by Crippen LogP contribution is -2.36. The maximum absolute atomic E-state index is 12.8. The van der Waals surface area contributed by atoms with Gasteiger partial charge in [-0.1, -0.05) is 42.5 Å². The van der Waals surface area contributed by atoms with Crippen LogP contribution in [0.2, 0.25) is 0 Å². The molecule has 1 atom stereocenters. The minimum absolute atomic E-state index is 0.0907. The third kappa shape index (κ3) is 4.89. The van der Waals surface area contributed by atoms with E-state index < -0.39 is 0 Å². The fraction of sp³-hybridized carbons (Fsp3) is 0.333. The van der Waals surface area contributed by atoms with Gasteiger partial charge in [-0.3, -0.25) is 14.4 Å². The van der Waals surface area contributed by atoms with Crippen LogP contribution in [0.5, 0.6) is 5.75 Å². The average molecular weight is 405 g/mol. The number of hydrogen-bond acceptors (Lipinski definition) is 4. The van der Waals surface area contributed by atoms with Crippen molar-refractivity contribution in [2.75, 3.05) is 26.7 Å². The third-order valence-electron chi connectivity index (χ3n) is 5.62. The first-order valence-corrected chi connectivity index (χ1v) is 10.5. The van der Waals surface area contributed by atoms with Gasteiger partial charge in [0.15, 0.2) is 0 Å². The second-order valence-electron chi connectivity index (χ2n) is 7.65. The molecular formula is C24H28N4O2. The molecule has 0 bridgehead atoms. The molecule has 1 aromatic heterocycles. The molecule has 1 N–H and O–H groups in total. The molecule has 1 aliphatic rings. The molecule has 1 aliphatic heterocycles. The van der Waals surface area contributed by atoms with Gasteiger partial charge in [0.25, 0.3) is 5.91 Å². The summed E-state index contributed by atoms with van der Waals surface area (Å²) in [5.41, 5.74) is 2.93. The largest absolute Gasteiger partial charge is 0.497 e. The molecule has 30 heavy (non-hydrogen) atoms. The number of rotatable bonds is 8. The van der Waals surface area contributed by atoms with Crippen LogP contribution in [-0.2, 0) is 6.54 Å². The second-order valence-corrected chi connectivity index (χ2v) is 7.65. The van der Waals surface area contributed by atoms with E-state index in [1.54, 1.807) is 24.2 Å². The number of ether oxygens (including phenoxy) is 1. The van der Waals surface area contributed by atoms with E-state index in [0.717, 1.165) is 24.4 Å². The second kappa shape index (κ2) is 9.59. The van der Waals surface area contributed by atoms with Crippen LogP contribution in [0, 0.1) is 0 Å². The molecule has 6 heteroatoms. The highest BCUT2D eigenvalue weighted by atomic mass is 16.5.